The molecule has 43 heavy (non-hydrogen) atoms. The quantitative estimate of drug-likeness (QED) is 0.0913. The zero-order valence-corrected chi connectivity index (χ0v) is 25.2. The zero-order chi connectivity index (χ0) is 30.7. The van der Waals surface area contributed by atoms with E-state index in [1.807, 2.05) is 38.1 Å². The molecule has 0 saturated carbocycles. The second-order valence-corrected chi connectivity index (χ2v) is 11.3. The van der Waals surface area contributed by atoms with Gasteiger partial charge in [0.25, 0.3) is 5.78 Å². The molecule has 3 aromatic carbocycles. The van der Waals surface area contributed by atoms with Crippen LogP contribution < -0.4 is 14.4 Å². The smallest absolute Gasteiger partial charge is 0.301 e. The molecule has 1 unspecified atom stereocenters. The molecule has 1 aromatic heterocycles. The van der Waals surface area contributed by atoms with Crippen LogP contribution in [-0.2, 0) is 16.2 Å². The van der Waals surface area contributed by atoms with Crippen LogP contribution in [0.25, 0.3) is 5.76 Å². The number of benzene rings is 3. The van der Waals surface area contributed by atoms with Gasteiger partial charge in [-0.2, -0.15) is 0 Å². The van der Waals surface area contributed by atoms with Gasteiger partial charge in [-0.05, 0) is 67.8 Å². The van der Waals surface area contributed by atoms with Gasteiger partial charge in [0.05, 0.1) is 28.8 Å². The van der Waals surface area contributed by atoms with Crippen molar-refractivity contribution in [2.24, 2.45) is 0 Å². The fourth-order valence-corrected chi connectivity index (χ4v) is 5.95. The van der Waals surface area contributed by atoms with E-state index in [-0.39, 0.29) is 22.2 Å². The number of hydrogen-bond donors (Lipinski definition) is 1. The Morgan fingerprint density at radius 3 is 2.28 bits per heavy atom. The molecule has 1 amide bonds. The summed E-state index contributed by atoms with van der Waals surface area (Å²) in [7, 11) is 0. The highest BCUT2D eigenvalue weighted by atomic mass is 32.1. The molecule has 1 aliphatic rings. The third-order valence-electron chi connectivity index (χ3n) is 7.04. The average molecular weight is 597 g/mol. The molecule has 0 radical (unpaired) electrons. The summed E-state index contributed by atoms with van der Waals surface area (Å²) in [5, 5.41) is 11.7. The second kappa shape index (κ2) is 12.6. The van der Waals surface area contributed by atoms with E-state index < -0.39 is 17.7 Å². The van der Waals surface area contributed by atoms with E-state index >= 15 is 0 Å². The van der Waals surface area contributed by atoms with E-state index in [0.29, 0.717) is 46.4 Å². The van der Waals surface area contributed by atoms with Gasteiger partial charge in [-0.15, -0.1) is 0 Å². The van der Waals surface area contributed by atoms with Crippen molar-refractivity contribution in [3.05, 3.63) is 111 Å². The minimum atomic E-state index is -0.970. The number of ketones is 2. The molecular weight excluding hydrogens is 564 g/mol. The Labute approximate surface area is 254 Å². The zero-order valence-electron chi connectivity index (χ0n) is 24.4. The number of aryl methyl sites for hydroxylation is 2. The van der Waals surface area contributed by atoms with Crippen molar-refractivity contribution < 1.29 is 29.0 Å². The third kappa shape index (κ3) is 6.22. The average Bonchev–Trinajstić information content (AvgIpc) is 3.51. The molecule has 0 bridgehead atoms. The number of nitrogens with zero attached hydrogens (tertiary/aromatic N) is 2. The number of ether oxygens (including phenoxy) is 2. The molecule has 1 atom stereocenters. The summed E-state index contributed by atoms with van der Waals surface area (Å²) in [5.41, 5.74) is 3.51. The number of amides is 1. The second-order valence-electron chi connectivity index (χ2n) is 10.4. The third-order valence-corrected chi connectivity index (χ3v) is 8.30. The molecule has 1 fully saturated rings. The molecule has 5 rings (SSSR count). The first kappa shape index (κ1) is 29.7. The number of thiazole rings is 1. The fourth-order valence-electron chi connectivity index (χ4n) is 4.96. The molecule has 220 valence electrons. The number of aliphatic hydroxyl groups is 1. The molecule has 1 aliphatic heterocycles. The lowest BCUT2D eigenvalue weighted by atomic mass is 9.95. The number of rotatable bonds is 10. The van der Waals surface area contributed by atoms with Crippen LogP contribution in [-0.4, -0.2) is 34.2 Å². The van der Waals surface area contributed by atoms with E-state index in [4.69, 9.17) is 9.47 Å². The van der Waals surface area contributed by atoms with Crippen LogP contribution in [0.1, 0.15) is 63.9 Å². The number of carbonyl (C=O) groups is 3. The normalized spacial score (nSPS) is 16.0. The Bertz CT molecular complexity index is 1710. The van der Waals surface area contributed by atoms with Crippen molar-refractivity contribution in [1.82, 2.24) is 4.98 Å². The Morgan fingerprint density at radius 1 is 0.977 bits per heavy atom. The summed E-state index contributed by atoms with van der Waals surface area (Å²) in [5.74, 6) is -0.940. The van der Waals surface area contributed by atoms with Crippen LogP contribution >= 0.6 is 11.3 Å². The van der Waals surface area contributed by atoms with Gasteiger partial charge in [0, 0.05) is 12.5 Å². The largest absolute Gasteiger partial charge is 0.507 e. The molecule has 9 heteroatoms. The first-order valence-electron chi connectivity index (χ1n) is 14.0. The maximum Gasteiger partial charge on any atom is 0.301 e. The van der Waals surface area contributed by atoms with Crippen LogP contribution in [0, 0.1) is 13.8 Å². The lowest BCUT2D eigenvalue weighted by Gasteiger charge is -2.23. The summed E-state index contributed by atoms with van der Waals surface area (Å²) >= 11 is 1.05. The van der Waals surface area contributed by atoms with Crippen molar-refractivity contribution in [1.29, 1.82) is 0 Å². The predicted molar refractivity (Wildman–Crippen MR) is 166 cm³/mol. The molecule has 2 heterocycles. The molecule has 1 saturated heterocycles. The number of hydrogen-bond acceptors (Lipinski definition) is 8. The monoisotopic (exact) mass is 596 g/mol. The van der Waals surface area contributed by atoms with Crippen molar-refractivity contribution in [2.75, 3.05) is 11.5 Å². The topological polar surface area (TPSA) is 106 Å². The number of aromatic nitrogens is 1. The Morgan fingerprint density at radius 2 is 1.65 bits per heavy atom. The van der Waals surface area contributed by atoms with Crippen molar-refractivity contribution in [2.45, 2.75) is 46.8 Å². The molecule has 0 spiro atoms. The predicted octanol–water partition coefficient (Wildman–Crippen LogP) is 6.96. The van der Waals surface area contributed by atoms with E-state index in [2.05, 4.69) is 4.98 Å². The van der Waals surface area contributed by atoms with E-state index in [1.54, 1.807) is 55.5 Å². The Hall–Kier alpha value is -4.76. The van der Waals surface area contributed by atoms with Gasteiger partial charge in [0.15, 0.2) is 10.9 Å². The van der Waals surface area contributed by atoms with E-state index in [0.717, 1.165) is 28.9 Å². The number of aliphatic hydroxyl groups excluding tert-OH is 1. The van der Waals surface area contributed by atoms with Crippen molar-refractivity contribution in [3.8, 4) is 11.5 Å². The van der Waals surface area contributed by atoms with E-state index in [9.17, 15) is 19.5 Å². The Kier molecular flexibility index (Phi) is 8.73. The van der Waals surface area contributed by atoms with Gasteiger partial charge in [-0.25, -0.2) is 4.98 Å². The number of carbonyl (C=O) groups excluding carboxylic acids is 3. The maximum atomic E-state index is 13.5. The molecular formula is C34H32N2O6S. The maximum absolute atomic E-state index is 13.5. The minimum absolute atomic E-state index is 0.0714. The SMILES string of the molecule is CCCOc1ccc(C2/C(=C(\O)c3ccc(OCc4cccc(C)c4)cc3)C(=O)C(=O)N2c2nc(C)c(C(C)=O)s2)cc1. The summed E-state index contributed by atoms with van der Waals surface area (Å²) in [4.78, 5) is 45.3. The summed E-state index contributed by atoms with van der Waals surface area (Å²) < 4.78 is 11.6. The molecule has 8 nitrogen and oxygen atoms in total. The van der Waals surface area contributed by atoms with Gasteiger partial charge >= 0.3 is 5.91 Å². The first-order chi connectivity index (χ1) is 20.7. The number of Topliss-reactive ketones (excluding diaryl/α,β-unsaturated/α-hetero) is 2. The highest BCUT2D eigenvalue weighted by Gasteiger charge is 2.48. The summed E-state index contributed by atoms with van der Waals surface area (Å²) in [6, 6.07) is 20.8. The van der Waals surface area contributed by atoms with Crippen LogP contribution in [0.4, 0.5) is 5.13 Å². The lowest BCUT2D eigenvalue weighted by Crippen LogP contribution is -2.29. The van der Waals surface area contributed by atoms with Crippen molar-refractivity contribution in [3.63, 3.8) is 0 Å². The molecule has 0 aliphatic carbocycles. The van der Waals surface area contributed by atoms with Gasteiger partial charge in [0.1, 0.15) is 23.9 Å². The molecule has 1 N–H and O–H groups in total. The van der Waals surface area contributed by atoms with Crippen molar-refractivity contribution >= 4 is 39.7 Å². The van der Waals surface area contributed by atoms with Gasteiger partial charge in [-0.1, -0.05) is 60.2 Å². The highest BCUT2D eigenvalue weighted by Crippen LogP contribution is 2.44. The summed E-state index contributed by atoms with van der Waals surface area (Å²) in [6.07, 6.45) is 0.847. The summed E-state index contributed by atoms with van der Waals surface area (Å²) in [6.45, 7) is 8.07. The minimum Gasteiger partial charge on any atom is -0.507 e. The van der Waals surface area contributed by atoms with Gasteiger partial charge in [0.2, 0.25) is 0 Å². The number of anilines is 1. The fraction of sp³-hybridized carbons (Fsp3) is 0.235. The van der Waals surface area contributed by atoms with E-state index in [1.165, 1.54) is 11.8 Å². The first-order valence-corrected chi connectivity index (χ1v) is 14.8. The highest BCUT2D eigenvalue weighted by molar-refractivity contribution is 7.18. The molecule has 4 aromatic rings. The van der Waals surface area contributed by atoms with Crippen LogP contribution in [0.15, 0.2) is 78.4 Å². The lowest BCUT2D eigenvalue weighted by molar-refractivity contribution is -0.132. The van der Waals surface area contributed by atoms with Crippen LogP contribution in [0.3, 0.4) is 0 Å². The van der Waals surface area contributed by atoms with Crippen LogP contribution in [0.5, 0.6) is 11.5 Å². The van der Waals surface area contributed by atoms with Gasteiger partial charge in [-0.3, -0.25) is 19.3 Å². The Balaban J connectivity index is 1.52. The van der Waals surface area contributed by atoms with Crippen LogP contribution in [0.2, 0.25) is 0 Å². The standard InChI is InChI=1S/C34H32N2O6S/c1-5-17-41-26-13-9-24(10-14-26)29-28(31(39)33(40)36(29)34-35-21(3)32(43-34)22(4)37)30(38)25-11-15-27(16-12-25)42-19-23-8-6-7-20(2)18-23/h6-16,18,29,38H,5,17,19H2,1-4H3/b30-28+. The van der Waals surface area contributed by atoms with Gasteiger partial charge < -0.3 is 14.6 Å².